The first kappa shape index (κ1) is 20.0. The Labute approximate surface area is 183 Å². The topological polar surface area (TPSA) is 50.2 Å². The maximum Gasteiger partial charge on any atom is 0.226 e. The molecule has 1 N–H and O–H groups in total. The third kappa shape index (κ3) is 3.78. The summed E-state index contributed by atoms with van der Waals surface area (Å²) in [7, 11) is 0. The summed E-state index contributed by atoms with van der Waals surface area (Å²) in [4.78, 5) is 19.4. The lowest BCUT2D eigenvalue weighted by molar-refractivity contribution is -0.139. The molecule has 0 bridgehead atoms. The summed E-state index contributed by atoms with van der Waals surface area (Å²) in [5.74, 6) is 0.894. The third-order valence-corrected chi connectivity index (χ3v) is 6.35. The standard InChI is InChI=1S/C23H21ClF2N4O/c24-18-9-8-17(12-19(18)26)27-22-21(14-4-6-16(25)7-5-14)28-20-13-29(10-11-30(20)22)23(31)15-2-1-3-15/h4-9,12,15,27H,1-3,10-11,13H2. The number of hydrogen-bond acceptors (Lipinski definition) is 3. The molecule has 1 aromatic heterocycles. The molecule has 8 heteroatoms. The Morgan fingerprint density at radius 3 is 2.55 bits per heavy atom. The Balaban J connectivity index is 1.52. The summed E-state index contributed by atoms with van der Waals surface area (Å²) >= 11 is 5.81. The van der Waals surface area contributed by atoms with E-state index in [-0.39, 0.29) is 22.7 Å². The van der Waals surface area contributed by atoms with Crippen molar-refractivity contribution in [1.82, 2.24) is 14.5 Å². The van der Waals surface area contributed by atoms with E-state index in [4.69, 9.17) is 16.6 Å². The van der Waals surface area contributed by atoms with E-state index >= 15 is 0 Å². The number of rotatable bonds is 4. The van der Waals surface area contributed by atoms with E-state index < -0.39 is 5.82 Å². The Bertz CT molecular complexity index is 1140. The highest BCUT2D eigenvalue weighted by molar-refractivity contribution is 6.30. The fraction of sp³-hybridized carbons (Fsp3) is 0.304. The van der Waals surface area contributed by atoms with Crippen LogP contribution in [0.3, 0.4) is 0 Å². The first-order chi connectivity index (χ1) is 15.0. The van der Waals surface area contributed by atoms with Gasteiger partial charge in [-0.2, -0.15) is 0 Å². The van der Waals surface area contributed by atoms with Gasteiger partial charge in [0.1, 0.15) is 29.0 Å². The SMILES string of the molecule is O=C(C1CCC1)N1CCn2c(nc(-c3ccc(F)cc3)c2Nc2ccc(Cl)c(F)c2)C1. The zero-order valence-corrected chi connectivity index (χ0v) is 17.5. The number of imidazole rings is 1. The Morgan fingerprint density at radius 2 is 1.87 bits per heavy atom. The minimum atomic E-state index is -0.523. The molecule has 3 aromatic rings. The van der Waals surface area contributed by atoms with Gasteiger partial charge in [-0.15, -0.1) is 0 Å². The molecule has 160 valence electrons. The Kier molecular flexibility index (Phi) is 5.14. The monoisotopic (exact) mass is 442 g/mol. The second-order valence-corrected chi connectivity index (χ2v) is 8.43. The molecule has 2 aromatic carbocycles. The lowest BCUT2D eigenvalue weighted by Crippen LogP contribution is -2.43. The van der Waals surface area contributed by atoms with E-state index in [1.807, 2.05) is 9.47 Å². The number of halogens is 3. The van der Waals surface area contributed by atoms with Gasteiger partial charge in [-0.05, 0) is 55.3 Å². The zero-order chi connectivity index (χ0) is 21.5. The summed E-state index contributed by atoms with van der Waals surface area (Å²) < 4.78 is 29.5. The van der Waals surface area contributed by atoms with Gasteiger partial charge in [0, 0.05) is 30.3 Å². The molecule has 2 heterocycles. The van der Waals surface area contributed by atoms with Gasteiger partial charge in [0.15, 0.2) is 0 Å². The molecule has 0 spiro atoms. The molecule has 31 heavy (non-hydrogen) atoms. The summed E-state index contributed by atoms with van der Waals surface area (Å²) in [6.45, 7) is 1.58. The van der Waals surface area contributed by atoms with Crippen molar-refractivity contribution >= 4 is 29.0 Å². The molecule has 1 fully saturated rings. The Hall–Kier alpha value is -2.93. The van der Waals surface area contributed by atoms with E-state index in [2.05, 4.69) is 5.32 Å². The van der Waals surface area contributed by atoms with Crippen molar-refractivity contribution in [3.05, 3.63) is 64.9 Å². The molecular weight excluding hydrogens is 422 g/mol. The van der Waals surface area contributed by atoms with Gasteiger partial charge in [-0.25, -0.2) is 13.8 Å². The maximum atomic E-state index is 14.0. The molecule has 1 aliphatic heterocycles. The third-order valence-electron chi connectivity index (χ3n) is 6.04. The number of fused-ring (bicyclic) bond motifs is 1. The van der Waals surface area contributed by atoms with Crippen LogP contribution in [0.1, 0.15) is 25.1 Å². The van der Waals surface area contributed by atoms with Crippen molar-refractivity contribution in [2.24, 2.45) is 5.92 Å². The van der Waals surface area contributed by atoms with Crippen LogP contribution in [0.2, 0.25) is 5.02 Å². The van der Waals surface area contributed by atoms with E-state index in [9.17, 15) is 13.6 Å². The summed E-state index contributed by atoms with van der Waals surface area (Å²) in [6, 6.07) is 10.6. The van der Waals surface area contributed by atoms with E-state index in [0.717, 1.165) is 30.7 Å². The van der Waals surface area contributed by atoms with Gasteiger partial charge in [0.25, 0.3) is 0 Å². The highest BCUT2D eigenvalue weighted by Gasteiger charge is 2.33. The van der Waals surface area contributed by atoms with Gasteiger partial charge < -0.3 is 14.8 Å². The second-order valence-electron chi connectivity index (χ2n) is 8.03. The second kappa shape index (κ2) is 7.96. The van der Waals surface area contributed by atoms with Crippen molar-refractivity contribution < 1.29 is 13.6 Å². The largest absolute Gasteiger partial charge is 0.340 e. The molecule has 0 radical (unpaired) electrons. The van der Waals surface area contributed by atoms with E-state index in [1.54, 1.807) is 18.2 Å². The van der Waals surface area contributed by atoms with Crippen LogP contribution >= 0.6 is 11.6 Å². The minimum absolute atomic E-state index is 0.0461. The number of amides is 1. The number of anilines is 2. The lowest BCUT2D eigenvalue weighted by atomic mass is 9.84. The minimum Gasteiger partial charge on any atom is -0.340 e. The molecule has 0 saturated heterocycles. The fourth-order valence-electron chi connectivity index (χ4n) is 4.08. The molecule has 5 rings (SSSR count). The van der Waals surface area contributed by atoms with E-state index in [1.165, 1.54) is 24.3 Å². The molecule has 5 nitrogen and oxygen atoms in total. The van der Waals surface area contributed by atoms with Crippen LogP contribution in [0.25, 0.3) is 11.3 Å². The molecule has 1 amide bonds. The number of carbonyl (C=O) groups excluding carboxylic acids is 1. The highest BCUT2D eigenvalue weighted by Crippen LogP contribution is 2.35. The highest BCUT2D eigenvalue weighted by atomic mass is 35.5. The number of nitrogens with one attached hydrogen (secondary N) is 1. The number of carbonyl (C=O) groups is 1. The predicted molar refractivity (Wildman–Crippen MR) is 115 cm³/mol. The first-order valence-corrected chi connectivity index (χ1v) is 10.7. The van der Waals surface area contributed by atoms with Gasteiger partial charge in [-0.3, -0.25) is 4.79 Å². The first-order valence-electron chi connectivity index (χ1n) is 10.4. The van der Waals surface area contributed by atoms with Gasteiger partial charge in [0.2, 0.25) is 5.91 Å². The van der Waals surface area contributed by atoms with Crippen LogP contribution in [-0.2, 0) is 17.9 Å². The Morgan fingerprint density at radius 1 is 1.10 bits per heavy atom. The molecule has 1 saturated carbocycles. The van der Waals surface area contributed by atoms with Crippen LogP contribution in [-0.4, -0.2) is 26.9 Å². The van der Waals surface area contributed by atoms with Crippen molar-refractivity contribution in [1.29, 1.82) is 0 Å². The smallest absolute Gasteiger partial charge is 0.226 e. The van der Waals surface area contributed by atoms with Crippen LogP contribution in [0.15, 0.2) is 42.5 Å². The predicted octanol–water partition coefficient (Wildman–Crippen LogP) is 5.37. The molecule has 1 aliphatic carbocycles. The van der Waals surface area contributed by atoms with Crippen LogP contribution in [0, 0.1) is 17.6 Å². The fourth-order valence-corrected chi connectivity index (χ4v) is 4.20. The van der Waals surface area contributed by atoms with E-state index in [0.29, 0.717) is 36.8 Å². The van der Waals surface area contributed by atoms with Crippen LogP contribution in [0.4, 0.5) is 20.3 Å². The van der Waals surface area contributed by atoms with Crippen LogP contribution < -0.4 is 5.32 Å². The van der Waals surface area contributed by atoms with Gasteiger partial charge in [0.05, 0.1) is 11.6 Å². The van der Waals surface area contributed by atoms with Gasteiger partial charge in [-0.1, -0.05) is 18.0 Å². The quantitative estimate of drug-likeness (QED) is 0.591. The molecule has 2 aliphatic rings. The number of aromatic nitrogens is 2. The number of hydrogen-bond donors (Lipinski definition) is 1. The van der Waals surface area contributed by atoms with Gasteiger partial charge >= 0.3 is 0 Å². The summed E-state index contributed by atoms with van der Waals surface area (Å²) in [5.41, 5.74) is 1.89. The molecule has 0 atom stereocenters. The lowest BCUT2D eigenvalue weighted by Gasteiger charge is -2.34. The van der Waals surface area contributed by atoms with Crippen molar-refractivity contribution in [3.8, 4) is 11.3 Å². The van der Waals surface area contributed by atoms with Crippen molar-refractivity contribution in [3.63, 3.8) is 0 Å². The van der Waals surface area contributed by atoms with Crippen molar-refractivity contribution in [2.75, 3.05) is 11.9 Å². The normalized spacial score (nSPS) is 16.0. The molecular formula is C23H21ClF2N4O. The summed E-state index contributed by atoms with van der Waals surface area (Å²) in [6.07, 6.45) is 3.03. The molecule has 0 unspecified atom stereocenters. The average Bonchev–Trinajstić information content (AvgIpc) is 3.07. The van der Waals surface area contributed by atoms with Crippen LogP contribution in [0.5, 0.6) is 0 Å². The summed E-state index contributed by atoms with van der Waals surface area (Å²) in [5, 5.41) is 3.30. The zero-order valence-electron chi connectivity index (χ0n) is 16.7. The average molecular weight is 443 g/mol. The number of nitrogens with zero attached hydrogens (tertiary/aromatic N) is 3. The maximum absolute atomic E-state index is 14.0. The van der Waals surface area contributed by atoms with Crippen molar-refractivity contribution in [2.45, 2.75) is 32.4 Å². The number of benzene rings is 2.